The minimum absolute atomic E-state index is 0.100. The number of carbonyl (C=O) groups is 1. The van der Waals surface area contributed by atoms with Gasteiger partial charge >= 0.3 is 5.97 Å². The Morgan fingerprint density at radius 1 is 1.53 bits per heavy atom. The van der Waals surface area contributed by atoms with Crippen molar-refractivity contribution in [2.24, 2.45) is 5.92 Å². The maximum Gasteiger partial charge on any atom is 0.306 e. The molecular weight excluding hydrogens is 206 g/mol. The first-order valence-electron chi connectivity index (χ1n) is 4.32. The third kappa shape index (κ3) is 3.23. The molecule has 0 radical (unpaired) electrons. The van der Waals surface area contributed by atoms with E-state index >= 15 is 0 Å². The Morgan fingerprint density at radius 3 is 2.73 bits per heavy atom. The van der Waals surface area contributed by atoms with Crippen molar-refractivity contribution < 1.29 is 18.7 Å². The van der Waals surface area contributed by atoms with Gasteiger partial charge in [-0.15, -0.1) is 0 Å². The lowest BCUT2D eigenvalue weighted by Gasteiger charge is -2.06. The van der Waals surface area contributed by atoms with Gasteiger partial charge in [-0.05, 0) is 0 Å². The highest BCUT2D eigenvalue weighted by Gasteiger charge is 2.15. The van der Waals surface area contributed by atoms with E-state index < -0.39 is 24.0 Å². The summed E-state index contributed by atoms with van der Waals surface area (Å²) in [4.78, 5) is 17.7. The standard InChI is InChI=1S/C9H10F2N2O2/c1-5(9(14)15)2-6-3-12-4-7(13-6)8(10)11/h3-5,8H,2H2,1H3,(H,14,15). The van der Waals surface area contributed by atoms with Crippen molar-refractivity contribution in [2.45, 2.75) is 19.8 Å². The molecule has 0 aliphatic heterocycles. The number of hydrogen-bond donors (Lipinski definition) is 1. The first-order valence-corrected chi connectivity index (χ1v) is 4.32. The fraction of sp³-hybridized carbons (Fsp3) is 0.444. The third-order valence-corrected chi connectivity index (χ3v) is 1.86. The van der Waals surface area contributed by atoms with Gasteiger partial charge in [-0.2, -0.15) is 0 Å². The van der Waals surface area contributed by atoms with E-state index in [9.17, 15) is 13.6 Å². The number of aliphatic carboxylic acids is 1. The van der Waals surface area contributed by atoms with E-state index in [-0.39, 0.29) is 12.1 Å². The summed E-state index contributed by atoms with van der Waals surface area (Å²) in [6, 6.07) is 0. The van der Waals surface area contributed by atoms with Crippen LogP contribution in [0.4, 0.5) is 8.78 Å². The summed E-state index contributed by atoms with van der Waals surface area (Å²) < 4.78 is 24.4. The molecule has 1 atom stereocenters. The van der Waals surface area contributed by atoms with Gasteiger partial charge < -0.3 is 5.11 Å². The molecule has 0 aliphatic rings. The quantitative estimate of drug-likeness (QED) is 0.831. The lowest BCUT2D eigenvalue weighted by Crippen LogP contribution is -2.13. The van der Waals surface area contributed by atoms with E-state index in [1.807, 2.05) is 0 Å². The molecule has 1 rings (SSSR count). The van der Waals surface area contributed by atoms with Crippen LogP contribution in [0.3, 0.4) is 0 Å². The zero-order valence-electron chi connectivity index (χ0n) is 8.02. The van der Waals surface area contributed by atoms with Gasteiger partial charge in [0.15, 0.2) is 0 Å². The highest BCUT2D eigenvalue weighted by atomic mass is 19.3. The summed E-state index contributed by atoms with van der Waals surface area (Å²) in [7, 11) is 0. The second-order valence-corrected chi connectivity index (χ2v) is 3.18. The first kappa shape index (κ1) is 11.5. The normalized spacial score (nSPS) is 12.8. The molecule has 0 spiro atoms. The predicted molar refractivity (Wildman–Crippen MR) is 47.5 cm³/mol. The molecule has 4 nitrogen and oxygen atoms in total. The van der Waals surface area contributed by atoms with Gasteiger partial charge in [0.05, 0.1) is 17.8 Å². The van der Waals surface area contributed by atoms with Crippen LogP contribution < -0.4 is 0 Å². The minimum Gasteiger partial charge on any atom is -0.481 e. The number of halogens is 2. The first-order chi connectivity index (χ1) is 7.00. The summed E-state index contributed by atoms with van der Waals surface area (Å²) in [5.74, 6) is -1.65. The van der Waals surface area contributed by atoms with Gasteiger partial charge in [0.25, 0.3) is 6.43 Å². The molecule has 1 aromatic rings. The second-order valence-electron chi connectivity index (χ2n) is 3.18. The summed E-state index contributed by atoms with van der Waals surface area (Å²) in [5, 5.41) is 8.63. The number of aromatic nitrogens is 2. The van der Waals surface area contributed by atoms with Crippen LogP contribution in [0.25, 0.3) is 0 Å². The van der Waals surface area contributed by atoms with Crippen LogP contribution in [0.1, 0.15) is 24.7 Å². The Bertz CT molecular complexity index is 358. The maximum absolute atomic E-state index is 12.2. The van der Waals surface area contributed by atoms with Gasteiger partial charge in [-0.25, -0.2) is 13.8 Å². The molecule has 1 aromatic heterocycles. The summed E-state index contributed by atoms with van der Waals surface area (Å²) in [5.41, 5.74) is -0.159. The SMILES string of the molecule is CC(Cc1cncc(C(F)F)n1)C(=O)O. The van der Waals surface area contributed by atoms with Crippen LogP contribution in [0, 0.1) is 5.92 Å². The van der Waals surface area contributed by atoms with Crippen LogP contribution in [0.5, 0.6) is 0 Å². The van der Waals surface area contributed by atoms with Crippen LogP contribution in [0.15, 0.2) is 12.4 Å². The van der Waals surface area contributed by atoms with E-state index in [4.69, 9.17) is 5.11 Å². The molecule has 1 heterocycles. The van der Waals surface area contributed by atoms with E-state index in [0.29, 0.717) is 0 Å². The molecule has 15 heavy (non-hydrogen) atoms. The van der Waals surface area contributed by atoms with Crippen molar-refractivity contribution in [3.63, 3.8) is 0 Å². The summed E-state index contributed by atoms with van der Waals surface area (Å²) in [6.07, 6.45) is -0.314. The fourth-order valence-electron chi connectivity index (χ4n) is 1.03. The van der Waals surface area contributed by atoms with E-state index in [0.717, 1.165) is 6.20 Å². The number of alkyl halides is 2. The van der Waals surface area contributed by atoms with Crippen molar-refractivity contribution >= 4 is 5.97 Å². The molecule has 0 aromatic carbocycles. The predicted octanol–water partition coefficient (Wildman–Crippen LogP) is 1.68. The Hall–Kier alpha value is -1.59. The fourth-order valence-corrected chi connectivity index (χ4v) is 1.03. The summed E-state index contributed by atoms with van der Waals surface area (Å²) >= 11 is 0. The second kappa shape index (κ2) is 4.77. The van der Waals surface area contributed by atoms with Crippen molar-refractivity contribution in [1.82, 2.24) is 9.97 Å². The highest BCUT2D eigenvalue weighted by molar-refractivity contribution is 5.69. The molecule has 0 bridgehead atoms. The number of carboxylic acid groups (broad SMARTS) is 1. The molecule has 0 saturated carbocycles. The number of hydrogen-bond acceptors (Lipinski definition) is 3. The number of nitrogens with zero attached hydrogens (tertiary/aromatic N) is 2. The monoisotopic (exact) mass is 216 g/mol. The molecule has 82 valence electrons. The van der Waals surface area contributed by atoms with Gasteiger partial charge in [-0.1, -0.05) is 6.92 Å². The van der Waals surface area contributed by atoms with Crippen molar-refractivity contribution in [1.29, 1.82) is 0 Å². The van der Waals surface area contributed by atoms with E-state index in [1.54, 1.807) is 0 Å². The van der Waals surface area contributed by atoms with Gasteiger partial charge in [0.2, 0.25) is 0 Å². The lowest BCUT2D eigenvalue weighted by molar-refractivity contribution is -0.141. The highest BCUT2D eigenvalue weighted by Crippen LogP contribution is 2.16. The molecular formula is C9H10F2N2O2. The third-order valence-electron chi connectivity index (χ3n) is 1.86. The molecule has 0 fully saturated rings. The topological polar surface area (TPSA) is 63.1 Å². The van der Waals surface area contributed by atoms with Crippen molar-refractivity contribution in [3.8, 4) is 0 Å². The van der Waals surface area contributed by atoms with Crippen LogP contribution in [0.2, 0.25) is 0 Å². The van der Waals surface area contributed by atoms with Crippen LogP contribution in [-0.2, 0) is 11.2 Å². The zero-order chi connectivity index (χ0) is 11.4. The van der Waals surface area contributed by atoms with E-state index in [2.05, 4.69) is 9.97 Å². The number of carboxylic acids is 1. The minimum atomic E-state index is -2.68. The smallest absolute Gasteiger partial charge is 0.306 e. The van der Waals surface area contributed by atoms with Gasteiger partial charge in [-0.3, -0.25) is 9.78 Å². The van der Waals surface area contributed by atoms with E-state index in [1.165, 1.54) is 13.1 Å². The average Bonchev–Trinajstić information content (AvgIpc) is 2.18. The Kier molecular flexibility index (Phi) is 3.65. The summed E-state index contributed by atoms with van der Waals surface area (Å²) in [6.45, 7) is 1.49. The Labute approximate surface area is 85.0 Å². The Balaban J connectivity index is 2.78. The van der Waals surface area contributed by atoms with Gasteiger partial charge in [0.1, 0.15) is 5.69 Å². The van der Waals surface area contributed by atoms with Crippen LogP contribution >= 0.6 is 0 Å². The van der Waals surface area contributed by atoms with Crippen molar-refractivity contribution in [3.05, 3.63) is 23.8 Å². The van der Waals surface area contributed by atoms with Crippen molar-refractivity contribution in [2.75, 3.05) is 0 Å². The average molecular weight is 216 g/mol. The molecule has 0 saturated heterocycles. The Morgan fingerprint density at radius 2 is 2.20 bits per heavy atom. The zero-order valence-corrected chi connectivity index (χ0v) is 8.02. The molecule has 1 N–H and O–H groups in total. The molecule has 0 amide bonds. The maximum atomic E-state index is 12.2. The largest absolute Gasteiger partial charge is 0.481 e. The molecule has 1 unspecified atom stereocenters. The molecule has 6 heteroatoms. The van der Waals surface area contributed by atoms with Crippen LogP contribution in [-0.4, -0.2) is 21.0 Å². The van der Waals surface area contributed by atoms with Gasteiger partial charge in [0, 0.05) is 12.6 Å². The molecule has 0 aliphatic carbocycles. The number of rotatable bonds is 4. The lowest BCUT2D eigenvalue weighted by atomic mass is 10.1.